The smallest absolute Gasteiger partial charge is 0.409 e. The van der Waals surface area contributed by atoms with Crippen molar-refractivity contribution in [3.05, 3.63) is 28.7 Å². The lowest BCUT2D eigenvalue weighted by molar-refractivity contribution is 0.0612. The molecule has 1 fully saturated rings. The maximum absolute atomic E-state index is 11.7. The molecule has 1 heterocycles. The van der Waals surface area contributed by atoms with Crippen LogP contribution in [0.2, 0.25) is 0 Å². The highest BCUT2D eigenvalue weighted by molar-refractivity contribution is 9.10. The fourth-order valence-electron chi connectivity index (χ4n) is 2.12. The highest BCUT2D eigenvalue weighted by Gasteiger charge is 2.25. The van der Waals surface area contributed by atoms with Crippen LogP contribution in [0.3, 0.4) is 0 Å². The van der Waals surface area contributed by atoms with Gasteiger partial charge >= 0.3 is 6.09 Å². The molecule has 1 atom stereocenters. The average molecular weight is 328 g/mol. The van der Waals surface area contributed by atoms with Gasteiger partial charge in [0.2, 0.25) is 0 Å². The van der Waals surface area contributed by atoms with Crippen molar-refractivity contribution in [3.8, 4) is 5.75 Å². The van der Waals surface area contributed by atoms with Crippen LogP contribution >= 0.6 is 15.9 Å². The van der Waals surface area contributed by atoms with Crippen LogP contribution < -0.4 is 4.74 Å². The predicted molar refractivity (Wildman–Crippen MR) is 76.4 cm³/mol. The fraction of sp³-hybridized carbons (Fsp3) is 0.500. The Hall–Kier alpha value is -1.23. The van der Waals surface area contributed by atoms with Crippen LogP contribution in [-0.2, 0) is 4.74 Å². The molecule has 0 aliphatic carbocycles. The number of benzene rings is 1. The number of nitrogens with zero attached hydrogens (tertiary/aromatic N) is 1. The maximum Gasteiger partial charge on any atom is 0.409 e. The molecule has 1 aliphatic heterocycles. The zero-order valence-corrected chi connectivity index (χ0v) is 12.6. The summed E-state index contributed by atoms with van der Waals surface area (Å²) in [7, 11) is 0. The van der Waals surface area contributed by atoms with Crippen molar-refractivity contribution in [2.75, 3.05) is 19.7 Å². The van der Waals surface area contributed by atoms with Gasteiger partial charge in [0.25, 0.3) is 0 Å². The van der Waals surface area contributed by atoms with Crippen molar-refractivity contribution in [3.63, 3.8) is 0 Å². The number of hydrogen-bond acceptors (Lipinski definition) is 3. The lowest BCUT2D eigenvalue weighted by Gasteiger charge is -2.32. The quantitative estimate of drug-likeness (QED) is 0.853. The van der Waals surface area contributed by atoms with Gasteiger partial charge in [0, 0.05) is 11.0 Å². The third-order valence-electron chi connectivity index (χ3n) is 3.02. The molecular formula is C14H18BrNO3. The molecule has 0 bridgehead atoms. The molecule has 1 saturated heterocycles. The number of hydrogen-bond donors (Lipinski definition) is 0. The van der Waals surface area contributed by atoms with Crippen molar-refractivity contribution in [2.45, 2.75) is 25.9 Å². The van der Waals surface area contributed by atoms with Gasteiger partial charge in [-0.25, -0.2) is 4.79 Å². The van der Waals surface area contributed by atoms with Crippen LogP contribution in [0.5, 0.6) is 5.75 Å². The summed E-state index contributed by atoms with van der Waals surface area (Å²) in [4.78, 5) is 13.4. The zero-order valence-electron chi connectivity index (χ0n) is 11.0. The number of ether oxygens (including phenoxy) is 2. The van der Waals surface area contributed by atoms with Crippen molar-refractivity contribution in [1.29, 1.82) is 0 Å². The molecule has 1 unspecified atom stereocenters. The van der Waals surface area contributed by atoms with Crippen LogP contribution in [0, 0.1) is 0 Å². The first kappa shape index (κ1) is 14.2. The van der Waals surface area contributed by atoms with E-state index >= 15 is 0 Å². The van der Waals surface area contributed by atoms with Crippen LogP contribution in [0.1, 0.15) is 19.8 Å². The van der Waals surface area contributed by atoms with Crippen LogP contribution in [0.15, 0.2) is 28.7 Å². The first-order valence-electron chi connectivity index (χ1n) is 6.53. The number of amides is 1. The SMILES string of the molecule is CCOC(=O)N1CCCC(Oc2ccc(Br)cc2)C1. The molecule has 5 heteroatoms. The number of piperidine rings is 1. The number of rotatable bonds is 3. The van der Waals surface area contributed by atoms with E-state index in [2.05, 4.69) is 15.9 Å². The monoisotopic (exact) mass is 327 g/mol. The summed E-state index contributed by atoms with van der Waals surface area (Å²) in [5.74, 6) is 0.832. The van der Waals surface area contributed by atoms with E-state index in [0.717, 1.165) is 29.6 Å². The van der Waals surface area contributed by atoms with Gasteiger partial charge in [-0.1, -0.05) is 15.9 Å². The Labute approximate surface area is 121 Å². The van der Waals surface area contributed by atoms with E-state index < -0.39 is 0 Å². The van der Waals surface area contributed by atoms with Gasteiger partial charge in [-0.05, 0) is 44.0 Å². The van der Waals surface area contributed by atoms with Crippen LogP contribution in [0.4, 0.5) is 4.79 Å². The zero-order chi connectivity index (χ0) is 13.7. The minimum atomic E-state index is -0.244. The second-order valence-electron chi connectivity index (χ2n) is 4.48. The van der Waals surface area contributed by atoms with Gasteiger partial charge in [-0.15, -0.1) is 0 Å². The van der Waals surface area contributed by atoms with E-state index in [9.17, 15) is 4.79 Å². The van der Waals surface area contributed by atoms with E-state index in [0.29, 0.717) is 13.2 Å². The fourth-order valence-corrected chi connectivity index (χ4v) is 2.38. The standard InChI is InChI=1S/C14H18BrNO3/c1-2-18-14(17)16-9-3-4-13(10-16)19-12-7-5-11(15)6-8-12/h5-8,13H,2-4,9-10H2,1H3. The molecular weight excluding hydrogens is 310 g/mol. The molecule has 0 saturated carbocycles. The summed E-state index contributed by atoms with van der Waals surface area (Å²) < 4.78 is 11.9. The van der Waals surface area contributed by atoms with Gasteiger partial charge in [-0.3, -0.25) is 0 Å². The molecule has 1 amide bonds. The highest BCUT2D eigenvalue weighted by Crippen LogP contribution is 2.21. The molecule has 1 aromatic rings. The minimum Gasteiger partial charge on any atom is -0.489 e. The normalized spacial score (nSPS) is 19.1. The van der Waals surface area contributed by atoms with Crippen molar-refractivity contribution in [1.82, 2.24) is 4.90 Å². The van der Waals surface area contributed by atoms with Gasteiger partial charge in [-0.2, -0.15) is 0 Å². The highest BCUT2D eigenvalue weighted by atomic mass is 79.9. The lowest BCUT2D eigenvalue weighted by Crippen LogP contribution is -2.44. The van der Waals surface area contributed by atoms with Gasteiger partial charge in [0.1, 0.15) is 11.9 Å². The number of carbonyl (C=O) groups excluding carboxylic acids is 1. The van der Waals surface area contributed by atoms with Gasteiger partial charge < -0.3 is 14.4 Å². The number of carbonyl (C=O) groups is 1. The van der Waals surface area contributed by atoms with E-state index in [-0.39, 0.29) is 12.2 Å². The molecule has 0 aromatic heterocycles. The number of halogens is 1. The summed E-state index contributed by atoms with van der Waals surface area (Å²) in [5.41, 5.74) is 0. The summed E-state index contributed by atoms with van der Waals surface area (Å²) in [6.45, 7) is 3.57. The van der Waals surface area contributed by atoms with Crippen molar-refractivity contribution < 1.29 is 14.3 Å². The molecule has 0 spiro atoms. The molecule has 0 N–H and O–H groups in total. The predicted octanol–water partition coefficient (Wildman–Crippen LogP) is 3.45. The first-order chi connectivity index (χ1) is 9.19. The third kappa shape index (κ3) is 4.13. The summed E-state index contributed by atoms with van der Waals surface area (Å²) in [6.07, 6.45) is 1.71. The molecule has 19 heavy (non-hydrogen) atoms. The molecule has 2 rings (SSSR count). The molecule has 0 radical (unpaired) electrons. The minimum absolute atomic E-state index is 0.0410. The van der Waals surface area contributed by atoms with E-state index in [1.165, 1.54) is 0 Å². The summed E-state index contributed by atoms with van der Waals surface area (Å²) >= 11 is 3.39. The summed E-state index contributed by atoms with van der Waals surface area (Å²) in [5, 5.41) is 0. The lowest BCUT2D eigenvalue weighted by atomic mass is 10.1. The Morgan fingerprint density at radius 3 is 2.84 bits per heavy atom. The Balaban J connectivity index is 1.90. The topological polar surface area (TPSA) is 38.8 Å². The average Bonchev–Trinajstić information content (AvgIpc) is 2.42. The maximum atomic E-state index is 11.7. The third-order valence-corrected chi connectivity index (χ3v) is 3.55. The molecule has 4 nitrogen and oxygen atoms in total. The second-order valence-corrected chi connectivity index (χ2v) is 5.40. The van der Waals surface area contributed by atoms with Crippen molar-refractivity contribution in [2.24, 2.45) is 0 Å². The summed E-state index contributed by atoms with van der Waals surface area (Å²) in [6, 6.07) is 7.74. The van der Waals surface area contributed by atoms with Crippen LogP contribution in [0.25, 0.3) is 0 Å². The van der Waals surface area contributed by atoms with Gasteiger partial charge in [0.15, 0.2) is 0 Å². The van der Waals surface area contributed by atoms with E-state index in [4.69, 9.17) is 9.47 Å². The second kappa shape index (κ2) is 6.80. The Morgan fingerprint density at radius 1 is 1.42 bits per heavy atom. The molecule has 1 aromatic carbocycles. The Bertz CT molecular complexity index is 421. The Kier molecular flexibility index (Phi) is 5.07. The molecule has 104 valence electrons. The van der Waals surface area contributed by atoms with Crippen LogP contribution in [-0.4, -0.2) is 36.8 Å². The van der Waals surface area contributed by atoms with E-state index in [1.807, 2.05) is 31.2 Å². The largest absolute Gasteiger partial charge is 0.489 e. The molecule has 1 aliphatic rings. The number of likely N-dealkylation sites (tertiary alicyclic amines) is 1. The van der Waals surface area contributed by atoms with Gasteiger partial charge in [0.05, 0.1) is 13.2 Å². The van der Waals surface area contributed by atoms with E-state index in [1.54, 1.807) is 4.90 Å². The Morgan fingerprint density at radius 2 is 2.16 bits per heavy atom. The first-order valence-corrected chi connectivity index (χ1v) is 7.32. The van der Waals surface area contributed by atoms with Crippen molar-refractivity contribution >= 4 is 22.0 Å².